The molecule has 1 unspecified atom stereocenters. The summed E-state index contributed by atoms with van der Waals surface area (Å²) in [4.78, 5) is 25.6. The minimum Gasteiger partial charge on any atom is -0.338 e. The zero-order chi connectivity index (χ0) is 20.8. The van der Waals surface area contributed by atoms with E-state index in [9.17, 15) is 4.79 Å². The zero-order valence-electron chi connectivity index (χ0n) is 16.5. The number of amides is 1. The number of thioether (sulfide) groups is 1. The SMILES string of the molecule is O=C(CSC(c1ccccc1)c1ccc(Cl)cc1)N1CCN(c2ncccn2)CC1. The average Bonchev–Trinajstić information content (AvgIpc) is 2.81. The molecule has 5 nitrogen and oxygen atoms in total. The quantitative estimate of drug-likeness (QED) is 0.574. The van der Waals surface area contributed by atoms with Gasteiger partial charge in [0.15, 0.2) is 0 Å². The van der Waals surface area contributed by atoms with Crippen molar-refractivity contribution in [1.82, 2.24) is 14.9 Å². The Morgan fingerprint density at radius 3 is 2.20 bits per heavy atom. The highest BCUT2D eigenvalue weighted by Crippen LogP contribution is 2.36. The minimum atomic E-state index is 0.0893. The lowest BCUT2D eigenvalue weighted by atomic mass is 10.0. The standard InChI is InChI=1S/C23H23ClN4OS/c24-20-9-7-19(8-10-20)22(18-5-2-1-3-6-18)30-17-21(29)27-13-15-28(16-14-27)23-25-11-4-12-26-23/h1-12,22H,13-17H2. The summed E-state index contributed by atoms with van der Waals surface area (Å²) in [5.74, 6) is 1.33. The van der Waals surface area contributed by atoms with Crippen LogP contribution < -0.4 is 4.90 Å². The molecule has 0 radical (unpaired) electrons. The van der Waals surface area contributed by atoms with E-state index < -0.39 is 0 Å². The van der Waals surface area contributed by atoms with Crippen LogP contribution in [0.15, 0.2) is 73.1 Å². The van der Waals surface area contributed by atoms with Crippen LogP contribution in [0.25, 0.3) is 0 Å². The molecule has 1 aromatic heterocycles. The van der Waals surface area contributed by atoms with Crippen molar-refractivity contribution in [2.75, 3.05) is 36.8 Å². The van der Waals surface area contributed by atoms with Gasteiger partial charge in [0.2, 0.25) is 11.9 Å². The molecule has 1 aliphatic rings. The van der Waals surface area contributed by atoms with E-state index in [0.29, 0.717) is 23.9 Å². The summed E-state index contributed by atoms with van der Waals surface area (Å²) >= 11 is 7.73. The van der Waals surface area contributed by atoms with Gasteiger partial charge in [0, 0.05) is 43.6 Å². The van der Waals surface area contributed by atoms with Crippen LogP contribution in [0.4, 0.5) is 5.95 Å². The van der Waals surface area contributed by atoms with E-state index in [1.54, 1.807) is 24.2 Å². The molecule has 0 spiro atoms. The fourth-order valence-corrected chi connectivity index (χ4v) is 4.82. The lowest BCUT2D eigenvalue weighted by Gasteiger charge is -2.34. The van der Waals surface area contributed by atoms with Crippen molar-refractivity contribution < 1.29 is 4.79 Å². The first-order valence-corrected chi connectivity index (χ1v) is 11.3. The third-order valence-electron chi connectivity index (χ3n) is 5.12. The van der Waals surface area contributed by atoms with Crippen LogP contribution in [-0.4, -0.2) is 52.7 Å². The van der Waals surface area contributed by atoms with E-state index in [1.165, 1.54) is 5.56 Å². The third kappa shape index (κ3) is 5.12. The number of rotatable bonds is 6. The molecule has 1 atom stereocenters. The van der Waals surface area contributed by atoms with Crippen molar-refractivity contribution in [2.24, 2.45) is 0 Å². The Morgan fingerprint density at radius 2 is 1.53 bits per heavy atom. The van der Waals surface area contributed by atoms with Gasteiger partial charge in [-0.05, 0) is 29.3 Å². The molecule has 0 saturated carbocycles. The Hall–Kier alpha value is -2.57. The van der Waals surface area contributed by atoms with Gasteiger partial charge in [-0.3, -0.25) is 4.79 Å². The molecule has 1 amide bonds. The Kier molecular flexibility index (Phi) is 6.87. The highest BCUT2D eigenvalue weighted by molar-refractivity contribution is 8.00. The summed E-state index contributed by atoms with van der Waals surface area (Å²) in [7, 11) is 0. The number of benzene rings is 2. The molecular weight excluding hydrogens is 416 g/mol. The predicted molar refractivity (Wildman–Crippen MR) is 123 cm³/mol. The Bertz CT molecular complexity index is 948. The average molecular weight is 439 g/mol. The first-order valence-electron chi connectivity index (χ1n) is 9.92. The molecule has 1 saturated heterocycles. The van der Waals surface area contributed by atoms with Crippen LogP contribution in [-0.2, 0) is 4.79 Å². The maximum atomic E-state index is 12.9. The molecule has 0 aliphatic carbocycles. The fraction of sp³-hybridized carbons (Fsp3) is 0.261. The number of halogens is 1. The number of carbonyl (C=O) groups excluding carboxylic acids is 1. The number of carbonyl (C=O) groups is 1. The molecule has 3 aromatic rings. The predicted octanol–water partition coefficient (Wildman–Crippen LogP) is 4.30. The van der Waals surface area contributed by atoms with Crippen molar-refractivity contribution in [3.8, 4) is 0 Å². The van der Waals surface area contributed by atoms with Gasteiger partial charge in [0.05, 0.1) is 11.0 Å². The van der Waals surface area contributed by atoms with Crippen molar-refractivity contribution in [3.05, 3.63) is 89.2 Å². The summed E-state index contributed by atoms with van der Waals surface area (Å²) in [6, 6.07) is 20.0. The first kappa shape index (κ1) is 20.7. The van der Waals surface area contributed by atoms with Gasteiger partial charge in [-0.2, -0.15) is 0 Å². The van der Waals surface area contributed by atoms with Gasteiger partial charge in [0.25, 0.3) is 0 Å². The number of hydrogen-bond donors (Lipinski definition) is 0. The Balaban J connectivity index is 1.38. The summed E-state index contributed by atoms with van der Waals surface area (Å²) in [6.45, 7) is 2.88. The van der Waals surface area contributed by atoms with E-state index in [1.807, 2.05) is 53.4 Å². The number of piperazine rings is 1. The monoisotopic (exact) mass is 438 g/mol. The molecule has 2 heterocycles. The van der Waals surface area contributed by atoms with E-state index >= 15 is 0 Å². The summed E-state index contributed by atoms with van der Waals surface area (Å²) in [5.41, 5.74) is 2.33. The largest absolute Gasteiger partial charge is 0.338 e. The zero-order valence-corrected chi connectivity index (χ0v) is 18.1. The molecule has 7 heteroatoms. The third-order valence-corrected chi connectivity index (χ3v) is 6.66. The Morgan fingerprint density at radius 1 is 0.900 bits per heavy atom. The summed E-state index contributed by atoms with van der Waals surface area (Å²) in [5, 5.41) is 0.804. The molecule has 30 heavy (non-hydrogen) atoms. The molecule has 4 rings (SSSR count). The van der Waals surface area contributed by atoms with E-state index in [-0.39, 0.29) is 11.2 Å². The van der Waals surface area contributed by atoms with Crippen LogP contribution in [0, 0.1) is 0 Å². The van der Waals surface area contributed by atoms with E-state index in [2.05, 4.69) is 27.0 Å². The molecule has 1 fully saturated rings. The Labute approximate surface area is 186 Å². The topological polar surface area (TPSA) is 49.3 Å². The van der Waals surface area contributed by atoms with Crippen LogP contribution in [0.2, 0.25) is 5.02 Å². The molecular formula is C23H23ClN4OS. The molecule has 2 aromatic carbocycles. The lowest BCUT2D eigenvalue weighted by Crippen LogP contribution is -2.49. The van der Waals surface area contributed by atoms with Crippen LogP contribution in [0.5, 0.6) is 0 Å². The van der Waals surface area contributed by atoms with Gasteiger partial charge >= 0.3 is 0 Å². The number of hydrogen-bond acceptors (Lipinski definition) is 5. The van der Waals surface area contributed by atoms with Gasteiger partial charge in [-0.1, -0.05) is 54.1 Å². The molecule has 0 N–H and O–H groups in total. The van der Waals surface area contributed by atoms with Gasteiger partial charge in [-0.15, -0.1) is 11.8 Å². The number of nitrogens with zero attached hydrogens (tertiary/aromatic N) is 4. The van der Waals surface area contributed by atoms with E-state index in [0.717, 1.165) is 24.6 Å². The molecule has 1 aliphatic heterocycles. The number of aromatic nitrogens is 2. The second kappa shape index (κ2) is 9.96. The van der Waals surface area contributed by atoms with Crippen LogP contribution in [0.3, 0.4) is 0 Å². The van der Waals surface area contributed by atoms with Crippen molar-refractivity contribution >= 4 is 35.2 Å². The van der Waals surface area contributed by atoms with E-state index in [4.69, 9.17) is 11.6 Å². The van der Waals surface area contributed by atoms with Gasteiger partial charge in [-0.25, -0.2) is 9.97 Å². The van der Waals surface area contributed by atoms with Crippen molar-refractivity contribution in [2.45, 2.75) is 5.25 Å². The minimum absolute atomic E-state index is 0.0893. The smallest absolute Gasteiger partial charge is 0.232 e. The maximum Gasteiger partial charge on any atom is 0.232 e. The second-order valence-electron chi connectivity index (χ2n) is 7.07. The maximum absolute atomic E-state index is 12.9. The van der Waals surface area contributed by atoms with Crippen molar-refractivity contribution in [1.29, 1.82) is 0 Å². The van der Waals surface area contributed by atoms with Crippen molar-refractivity contribution in [3.63, 3.8) is 0 Å². The molecule has 154 valence electrons. The highest BCUT2D eigenvalue weighted by atomic mass is 35.5. The first-order chi connectivity index (χ1) is 14.7. The lowest BCUT2D eigenvalue weighted by molar-refractivity contribution is -0.128. The number of anilines is 1. The van der Waals surface area contributed by atoms with Crippen LogP contribution in [0.1, 0.15) is 16.4 Å². The summed E-state index contributed by atoms with van der Waals surface area (Å²) in [6.07, 6.45) is 3.49. The normalized spacial score (nSPS) is 15.1. The van der Waals surface area contributed by atoms with Crippen LogP contribution >= 0.6 is 23.4 Å². The van der Waals surface area contributed by atoms with Gasteiger partial charge < -0.3 is 9.80 Å². The highest BCUT2D eigenvalue weighted by Gasteiger charge is 2.24. The molecule has 0 bridgehead atoms. The van der Waals surface area contributed by atoms with Gasteiger partial charge in [0.1, 0.15) is 0 Å². The fourth-order valence-electron chi connectivity index (χ4n) is 3.51. The second-order valence-corrected chi connectivity index (χ2v) is 8.60. The summed E-state index contributed by atoms with van der Waals surface area (Å²) < 4.78 is 0.